The summed E-state index contributed by atoms with van der Waals surface area (Å²) in [5.74, 6) is 0. The van der Waals surface area contributed by atoms with Crippen LogP contribution in [-0.4, -0.2) is 9.13 Å². The first-order valence-electron chi connectivity index (χ1n) is 31.6. The zero-order valence-electron chi connectivity index (χ0n) is 48.5. The zero-order chi connectivity index (χ0) is 57.9. The van der Waals surface area contributed by atoms with E-state index in [0.29, 0.717) is 0 Å². The Kier molecular flexibility index (Phi) is 8.35. The molecule has 0 unspecified atom stereocenters. The topological polar surface area (TPSA) is 9.86 Å². The van der Waals surface area contributed by atoms with Crippen LogP contribution < -0.4 is 0 Å². The summed E-state index contributed by atoms with van der Waals surface area (Å²) in [6.45, 7) is 0. The molecule has 23 aromatic rings. The van der Waals surface area contributed by atoms with Gasteiger partial charge in [0.2, 0.25) is 0 Å². The van der Waals surface area contributed by atoms with Crippen molar-refractivity contribution in [2.75, 3.05) is 0 Å². The molecule has 0 spiro atoms. The van der Waals surface area contributed by atoms with E-state index < -0.39 is 0 Å². The van der Waals surface area contributed by atoms with Crippen LogP contribution in [0.25, 0.3) is 228 Å². The zero-order valence-corrected chi connectivity index (χ0v) is 48.5. The van der Waals surface area contributed by atoms with Gasteiger partial charge in [-0.15, -0.1) is 0 Å². The van der Waals surface area contributed by atoms with Crippen molar-refractivity contribution < 1.29 is 0 Å². The average Bonchev–Trinajstić information content (AvgIpc) is 1.49. The Morgan fingerprint density at radius 2 is 0.378 bits per heavy atom. The van der Waals surface area contributed by atoms with Crippen LogP contribution in [0.15, 0.2) is 279 Å². The van der Waals surface area contributed by atoms with Crippen molar-refractivity contribution in [3.8, 4) is 33.6 Å². The Balaban J connectivity index is 0.863. The first-order chi connectivity index (χ1) is 44.7. The minimum Gasteiger partial charge on any atom is -0.309 e. The van der Waals surface area contributed by atoms with Crippen molar-refractivity contribution in [2.45, 2.75) is 0 Å². The van der Waals surface area contributed by atoms with Gasteiger partial charge in [0.1, 0.15) is 0 Å². The van der Waals surface area contributed by atoms with Gasteiger partial charge in [-0.25, -0.2) is 0 Å². The van der Waals surface area contributed by atoms with Crippen LogP contribution in [0.5, 0.6) is 0 Å². The van der Waals surface area contributed by atoms with E-state index in [1.807, 2.05) is 0 Å². The van der Waals surface area contributed by atoms with E-state index in [-0.39, 0.29) is 0 Å². The van der Waals surface area contributed by atoms with Gasteiger partial charge in [-0.1, -0.05) is 231 Å². The molecule has 0 aliphatic carbocycles. The minimum atomic E-state index is 1.18. The van der Waals surface area contributed by atoms with Crippen molar-refractivity contribution in [3.63, 3.8) is 0 Å². The summed E-state index contributed by atoms with van der Waals surface area (Å²) in [5.41, 5.74) is 12.3. The molecule has 0 fully saturated rings. The monoisotopic (exact) mass is 1130 g/mol. The number of aromatic nitrogens is 2. The molecule has 2 heterocycles. The van der Waals surface area contributed by atoms with E-state index in [2.05, 4.69) is 288 Å². The molecule has 2 aromatic heterocycles. The lowest BCUT2D eigenvalue weighted by Crippen LogP contribution is -1.95. The Bertz CT molecular complexity index is 6550. The number of nitrogens with zero attached hydrogens (tertiary/aromatic N) is 2. The Labute approximate surface area is 513 Å². The third-order valence-corrected chi connectivity index (χ3v) is 21.5. The summed E-state index contributed by atoms with van der Waals surface area (Å²) in [6.07, 6.45) is 0. The van der Waals surface area contributed by atoms with Crippen LogP contribution in [0.2, 0.25) is 0 Å². The lowest BCUT2D eigenvalue weighted by molar-refractivity contribution is 1.19. The largest absolute Gasteiger partial charge is 0.309 e. The molecule has 0 aliphatic rings. The molecular formula is C88H46N2. The third-order valence-electron chi connectivity index (χ3n) is 21.5. The summed E-state index contributed by atoms with van der Waals surface area (Å²) >= 11 is 0. The van der Waals surface area contributed by atoms with Crippen molar-refractivity contribution >= 4 is 194 Å². The van der Waals surface area contributed by atoms with Crippen molar-refractivity contribution in [3.05, 3.63) is 279 Å². The van der Waals surface area contributed by atoms with Gasteiger partial charge in [-0.05, 0) is 222 Å². The van der Waals surface area contributed by atoms with E-state index in [9.17, 15) is 0 Å². The average molecular weight is 1130 g/mol. The SMILES string of the molecule is c1ccc(-c2c3cc(-n4c5ccccc5c5ccccc54)cc4c5ccccc5c(c34)c3c4ccc5c6ccc7c8c(-c9ccccc9)c9cc(-n%10c%11ccccc%11c%11ccccc%11%10)cc%10c%11ccccc%11c(c9%10)c8c8ccc(c9ccc(c23)c4c95)c6c78)cc1. The predicted molar refractivity (Wildman–Crippen MR) is 387 cm³/mol. The first kappa shape index (κ1) is 46.4. The number of hydrogen-bond donors (Lipinski definition) is 0. The highest BCUT2D eigenvalue weighted by Crippen LogP contribution is 2.59. The molecule has 2 nitrogen and oxygen atoms in total. The number of hydrogen-bond acceptors (Lipinski definition) is 0. The minimum absolute atomic E-state index is 1.18. The van der Waals surface area contributed by atoms with Gasteiger partial charge in [-0.3, -0.25) is 0 Å². The van der Waals surface area contributed by atoms with E-state index in [0.717, 1.165) is 0 Å². The van der Waals surface area contributed by atoms with Gasteiger partial charge in [0, 0.05) is 32.9 Å². The molecule has 0 saturated carbocycles. The van der Waals surface area contributed by atoms with E-state index >= 15 is 0 Å². The van der Waals surface area contributed by atoms with E-state index in [1.165, 1.54) is 228 Å². The standard InChI is InChI=1S/C88H46N2/c1-3-19-47(20-4-1)75-69-45-49(89-71-31-15-11-25-53(71)54-26-12-16-32-72(54)89)43-67-51-23-7-9-29-57(51)83(81(67)69)87-65-41-37-61-60-36-40-64-80-66(42-38-62(78(60)80)59-35-39-63(85(75)87)79(65)77(59)61)88-84-58-30-10-8-24-52(58)68-44-50(46-70(82(68)84)76(86(64)88)48-21-5-2-6-22-48)90-73-33-17-13-27-55(73)56-28-14-18-34-74(56)90/h1-46H. The van der Waals surface area contributed by atoms with Crippen molar-refractivity contribution in [1.29, 1.82) is 0 Å². The third kappa shape index (κ3) is 5.40. The molecular weight excluding hydrogens is 1080 g/mol. The maximum absolute atomic E-state index is 2.52. The molecule has 0 aliphatic heterocycles. The fraction of sp³-hybridized carbons (Fsp3) is 0. The lowest BCUT2D eigenvalue weighted by Gasteiger charge is -2.16. The van der Waals surface area contributed by atoms with Crippen LogP contribution >= 0.6 is 0 Å². The molecule has 0 atom stereocenters. The van der Waals surface area contributed by atoms with Crippen LogP contribution in [0.3, 0.4) is 0 Å². The summed E-state index contributed by atoms with van der Waals surface area (Å²) in [6, 6.07) is 107. The summed E-state index contributed by atoms with van der Waals surface area (Å²) in [5, 5.41) is 42.1. The highest BCUT2D eigenvalue weighted by atomic mass is 15.0. The van der Waals surface area contributed by atoms with E-state index in [4.69, 9.17) is 0 Å². The van der Waals surface area contributed by atoms with Crippen molar-refractivity contribution in [1.82, 2.24) is 9.13 Å². The number of fused-ring (bicyclic) bond motifs is 22. The summed E-state index contributed by atoms with van der Waals surface area (Å²) in [7, 11) is 0. The number of para-hydroxylation sites is 4. The molecule has 2 heteroatoms. The second-order valence-electron chi connectivity index (χ2n) is 25.5. The number of rotatable bonds is 4. The normalized spacial score (nSPS) is 12.9. The number of benzene rings is 17. The lowest BCUT2D eigenvalue weighted by atomic mass is 9.87. The molecule has 0 amide bonds. The van der Waals surface area contributed by atoms with E-state index in [1.54, 1.807) is 0 Å². The van der Waals surface area contributed by atoms with Gasteiger partial charge in [0.05, 0.1) is 22.1 Å². The van der Waals surface area contributed by atoms with Crippen LogP contribution in [0.4, 0.5) is 0 Å². The molecule has 21 aromatic carbocycles. The Morgan fingerprint density at radius 1 is 0.144 bits per heavy atom. The first-order valence-corrected chi connectivity index (χ1v) is 31.6. The van der Waals surface area contributed by atoms with Crippen LogP contribution in [0, 0.1) is 0 Å². The molecule has 0 radical (unpaired) electrons. The smallest absolute Gasteiger partial charge is 0.0541 e. The molecule has 90 heavy (non-hydrogen) atoms. The molecule has 0 saturated heterocycles. The van der Waals surface area contributed by atoms with Crippen molar-refractivity contribution in [2.24, 2.45) is 0 Å². The van der Waals surface area contributed by atoms with Crippen LogP contribution in [-0.2, 0) is 0 Å². The van der Waals surface area contributed by atoms with Gasteiger partial charge >= 0.3 is 0 Å². The molecule has 23 rings (SSSR count). The quantitative estimate of drug-likeness (QED) is 0.123. The summed E-state index contributed by atoms with van der Waals surface area (Å²) in [4.78, 5) is 0. The predicted octanol–water partition coefficient (Wildman–Crippen LogP) is 24.5. The molecule has 0 N–H and O–H groups in total. The summed E-state index contributed by atoms with van der Waals surface area (Å²) < 4.78 is 5.01. The second-order valence-corrected chi connectivity index (χ2v) is 25.5. The molecule has 0 bridgehead atoms. The molecule has 408 valence electrons. The van der Waals surface area contributed by atoms with Gasteiger partial charge in [0.15, 0.2) is 0 Å². The Hall–Kier alpha value is -11.8. The van der Waals surface area contributed by atoms with Gasteiger partial charge in [0.25, 0.3) is 0 Å². The van der Waals surface area contributed by atoms with Gasteiger partial charge in [-0.2, -0.15) is 0 Å². The maximum atomic E-state index is 2.52. The van der Waals surface area contributed by atoms with Gasteiger partial charge < -0.3 is 9.13 Å². The highest BCUT2D eigenvalue weighted by molar-refractivity contribution is 6.54. The fourth-order valence-corrected chi connectivity index (χ4v) is 18.3. The fourth-order valence-electron chi connectivity index (χ4n) is 18.3. The maximum Gasteiger partial charge on any atom is 0.0541 e. The second kappa shape index (κ2) is 16.2. The van der Waals surface area contributed by atoms with Crippen LogP contribution in [0.1, 0.15) is 0 Å². The Morgan fingerprint density at radius 3 is 0.733 bits per heavy atom. The highest BCUT2D eigenvalue weighted by Gasteiger charge is 2.31.